The van der Waals surface area contributed by atoms with E-state index >= 15 is 0 Å². The molecule has 1 heterocycles. The van der Waals surface area contributed by atoms with Crippen molar-refractivity contribution < 1.29 is 9.53 Å². The first kappa shape index (κ1) is 22.2. The average molecular weight is 438 g/mol. The van der Waals surface area contributed by atoms with E-state index in [9.17, 15) is 4.79 Å². The molecule has 0 aromatic rings. The van der Waals surface area contributed by atoms with Crippen molar-refractivity contribution in [2.45, 2.75) is 38.7 Å². The Morgan fingerprint density at radius 2 is 2.09 bits per heavy atom. The Morgan fingerprint density at radius 3 is 2.65 bits per heavy atom. The molecule has 6 nitrogen and oxygen atoms in total. The number of carbonyl (C=O) groups is 1. The molecule has 0 aliphatic carbocycles. The van der Waals surface area contributed by atoms with Gasteiger partial charge in [-0.2, -0.15) is 0 Å². The van der Waals surface area contributed by atoms with E-state index in [0.29, 0.717) is 18.6 Å². The molecule has 0 aromatic carbocycles. The third-order valence-electron chi connectivity index (χ3n) is 3.46. The molecule has 7 heteroatoms. The fraction of sp³-hybridized carbons (Fsp3) is 0.750. The summed E-state index contributed by atoms with van der Waals surface area (Å²) in [5.74, 6) is 0.626. The quantitative estimate of drug-likeness (QED) is 0.275. The van der Waals surface area contributed by atoms with Crippen LogP contribution in [0.25, 0.3) is 0 Å². The Hall–Kier alpha value is -0.830. The summed E-state index contributed by atoms with van der Waals surface area (Å²) in [7, 11) is 3.46. The van der Waals surface area contributed by atoms with Gasteiger partial charge in [-0.15, -0.1) is 24.0 Å². The van der Waals surface area contributed by atoms with E-state index in [0.717, 1.165) is 31.6 Å². The van der Waals surface area contributed by atoms with Gasteiger partial charge in [-0.05, 0) is 32.6 Å². The number of carbonyl (C=O) groups excluding carboxylic acids is 1. The Kier molecular flexibility index (Phi) is 12.1. The van der Waals surface area contributed by atoms with Crippen molar-refractivity contribution in [3.8, 4) is 0 Å². The summed E-state index contributed by atoms with van der Waals surface area (Å²) < 4.78 is 5.71. The molecule has 0 saturated carbocycles. The topological polar surface area (TPSA) is 66.0 Å². The Morgan fingerprint density at radius 1 is 1.35 bits per heavy atom. The number of likely N-dealkylation sites (N-methyl/N-ethyl adjacent to an activating group) is 1. The van der Waals surface area contributed by atoms with E-state index in [4.69, 9.17) is 4.74 Å². The van der Waals surface area contributed by atoms with Crippen LogP contribution in [0.3, 0.4) is 0 Å². The molecule has 1 aliphatic rings. The standard InChI is InChI=1S/C16H30N4O2.HI/c1-13(2)11-18-16(19-12-15(21)20(3)4)17-9-8-14-7-5-6-10-22-14;/h14H,1,5-12H2,2-4H3,(H2,17,18,19);1H. The minimum Gasteiger partial charge on any atom is -0.378 e. The molecule has 0 spiro atoms. The number of amides is 1. The van der Waals surface area contributed by atoms with Crippen LogP contribution in [0.2, 0.25) is 0 Å². The maximum atomic E-state index is 11.6. The van der Waals surface area contributed by atoms with Crippen LogP contribution in [0.5, 0.6) is 0 Å². The zero-order valence-electron chi connectivity index (χ0n) is 14.6. The molecule has 0 radical (unpaired) electrons. The van der Waals surface area contributed by atoms with Crippen LogP contribution in [-0.4, -0.2) is 63.2 Å². The lowest BCUT2D eigenvalue weighted by Crippen LogP contribution is -2.40. The molecule has 1 rings (SSSR count). The second-order valence-electron chi connectivity index (χ2n) is 5.97. The van der Waals surface area contributed by atoms with Crippen molar-refractivity contribution in [2.75, 3.05) is 40.3 Å². The smallest absolute Gasteiger partial charge is 0.243 e. The predicted molar refractivity (Wildman–Crippen MR) is 105 cm³/mol. The molecule has 0 aromatic heterocycles. The highest BCUT2D eigenvalue weighted by Gasteiger charge is 2.13. The van der Waals surface area contributed by atoms with E-state index < -0.39 is 0 Å². The fourth-order valence-electron chi connectivity index (χ4n) is 2.08. The van der Waals surface area contributed by atoms with Crippen LogP contribution in [0, 0.1) is 0 Å². The summed E-state index contributed by atoms with van der Waals surface area (Å²) in [4.78, 5) is 17.5. The largest absolute Gasteiger partial charge is 0.378 e. The summed E-state index contributed by atoms with van der Waals surface area (Å²) in [5, 5.41) is 6.44. The van der Waals surface area contributed by atoms with Gasteiger partial charge in [-0.3, -0.25) is 4.79 Å². The molecular weight excluding hydrogens is 407 g/mol. The van der Waals surface area contributed by atoms with Gasteiger partial charge in [0.05, 0.1) is 6.10 Å². The third-order valence-corrected chi connectivity index (χ3v) is 3.46. The van der Waals surface area contributed by atoms with Crippen LogP contribution >= 0.6 is 24.0 Å². The molecule has 1 fully saturated rings. The van der Waals surface area contributed by atoms with Crippen molar-refractivity contribution in [1.29, 1.82) is 0 Å². The Balaban J connectivity index is 0.00000484. The number of halogens is 1. The van der Waals surface area contributed by atoms with Crippen molar-refractivity contribution in [1.82, 2.24) is 15.5 Å². The number of rotatable bonds is 7. The molecule has 23 heavy (non-hydrogen) atoms. The number of nitrogens with one attached hydrogen (secondary N) is 2. The van der Waals surface area contributed by atoms with Gasteiger partial charge < -0.3 is 20.3 Å². The van der Waals surface area contributed by atoms with E-state index in [-0.39, 0.29) is 36.4 Å². The van der Waals surface area contributed by atoms with Crippen molar-refractivity contribution >= 4 is 35.8 Å². The molecule has 0 bridgehead atoms. The Bertz CT molecular complexity index is 394. The first-order valence-electron chi connectivity index (χ1n) is 7.97. The van der Waals surface area contributed by atoms with Gasteiger partial charge in [0.2, 0.25) is 5.91 Å². The van der Waals surface area contributed by atoms with Gasteiger partial charge in [-0.1, -0.05) is 12.2 Å². The number of ether oxygens (including phenoxy) is 1. The van der Waals surface area contributed by atoms with E-state index in [2.05, 4.69) is 22.2 Å². The van der Waals surface area contributed by atoms with Crippen LogP contribution in [0.4, 0.5) is 0 Å². The van der Waals surface area contributed by atoms with Gasteiger partial charge in [0.15, 0.2) is 5.96 Å². The lowest BCUT2D eigenvalue weighted by molar-refractivity contribution is -0.127. The fourth-order valence-corrected chi connectivity index (χ4v) is 2.08. The lowest BCUT2D eigenvalue weighted by atomic mass is 10.1. The van der Waals surface area contributed by atoms with Gasteiger partial charge >= 0.3 is 0 Å². The van der Waals surface area contributed by atoms with Gasteiger partial charge in [-0.25, -0.2) is 4.99 Å². The average Bonchev–Trinajstić information content (AvgIpc) is 2.49. The Labute approximate surface area is 157 Å². The highest BCUT2D eigenvalue weighted by molar-refractivity contribution is 14.0. The summed E-state index contributed by atoms with van der Waals surface area (Å²) in [5.41, 5.74) is 1.02. The normalized spacial score (nSPS) is 17.9. The van der Waals surface area contributed by atoms with Crippen LogP contribution in [0.1, 0.15) is 32.6 Å². The minimum atomic E-state index is -0.0213. The van der Waals surface area contributed by atoms with Gasteiger partial charge in [0.1, 0.15) is 6.54 Å². The number of aliphatic imine (C=N–C) groups is 1. The summed E-state index contributed by atoms with van der Waals surface area (Å²) in [6.07, 6.45) is 4.84. The zero-order chi connectivity index (χ0) is 16.4. The second kappa shape index (κ2) is 12.6. The molecule has 134 valence electrons. The van der Waals surface area contributed by atoms with Crippen molar-refractivity contribution in [3.63, 3.8) is 0 Å². The molecule has 1 saturated heterocycles. The highest BCUT2D eigenvalue weighted by Crippen LogP contribution is 2.14. The first-order valence-corrected chi connectivity index (χ1v) is 7.97. The van der Waals surface area contributed by atoms with Crippen LogP contribution < -0.4 is 10.6 Å². The highest BCUT2D eigenvalue weighted by atomic mass is 127. The third kappa shape index (κ3) is 10.5. The van der Waals surface area contributed by atoms with Gasteiger partial charge in [0, 0.05) is 33.8 Å². The maximum absolute atomic E-state index is 11.6. The minimum absolute atomic E-state index is 0. The second-order valence-corrected chi connectivity index (χ2v) is 5.97. The van der Waals surface area contributed by atoms with Crippen LogP contribution in [-0.2, 0) is 9.53 Å². The molecule has 2 N–H and O–H groups in total. The molecule has 1 atom stereocenters. The van der Waals surface area contributed by atoms with Crippen LogP contribution in [0.15, 0.2) is 17.1 Å². The van der Waals surface area contributed by atoms with Gasteiger partial charge in [0.25, 0.3) is 0 Å². The molecule has 1 unspecified atom stereocenters. The molecular formula is C16H31IN4O2. The number of hydrogen-bond donors (Lipinski definition) is 2. The summed E-state index contributed by atoms with van der Waals surface area (Å²) in [6, 6.07) is 0. The van der Waals surface area contributed by atoms with E-state index in [1.54, 1.807) is 14.1 Å². The maximum Gasteiger partial charge on any atom is 0.243 e. The summed E-state index contributed by atoms with van der Waals surface area (Å²) in [6.45, 7) is 8.24. The lowest BCUT2D eigenvalue weighted by Gasteiger charge is -2.23. The predicted octanol–water partition coefficient (Wildman–Crippen LogP) is 1.76. The number of hydrogen-bond acceptors (Lipinski definition) is 3. The number of nitrogens with zero attached hydrogens (tertiary/aromatic N) is 2. The van der Waals surface area contributed by atoms with E-state index in [1.807, 2.05) is 6.92 Å². The SMILES string of the molecule is C=C(C)CNC(=NCC(=O)N(C)C)NCCC1CCCCO1.I. The molecule has 1 aliphatic heterocycles. The van der Waals surface area contributed by atoms with E-state index in [1.165, 1.54) is 17.7 Å². The molecule has 1 amide bonds. The summed E-state index contributed by atoms with van der Waals surface area (Å²) >= 11 is 0. The van der Waals surface area contributed by atoms with Crippen molar-refractivity contribution in [2.24, 2.45) is 4.99 Å². The first-order chi connectivity index (χ1) is 10.5. The number of guanidine groups is 1. The van der Waals surface area contributed by atoms with Crippen molar-refractivity contribution in [3.05, 3.63) is 12.2 Å². The monoisotopic (exact) mass is 438 g/mol. The zero-order valence-corrected chi connectivity index (χ0v) is 16.9.